The minimum Gasteiger partial charge on any atom is -0.347 e. The monoisotopic (exact) mass is 188 g/mol. The lowest BCUT2D eigenvalue weighted by atomic mass is 10.0. The molecule has 0 saturated carbocycles. The molecule has 0 aromatic carbocycles. The number of imidazole rings is 2. The molecule has 0 radical (unpaired) electrons. The molecular formula is C10H12N4. The number of rotatable bonds is 1. The van der Waals surface area contributed by atoms with Gasteiger partial charge in [-0.2, -0.15) is 0 Å². The van der Waals surface area contributed by atoms with Crippen molar-refractivity contribution in [2.75, 3.05) is 0 Å². The maximum Gasteiger partial charge on any atom is 0.0954 e. The zero-order valence-corrected chi connectivity index (χ0v) is 7.85. The van der Waals surface area contributed by atoms with Crippen molar-refractivity contribution in [2.45, 2.75) is 25.3 Å². The summed E-state index contributed by atoms with van der Waals surface area (Å²) in [7, 11) is 0. The highest BCUT2D eigenvalue weighted by atomic mass is 15.1. The number of aromatic amines is 1. The van der Waals surface area contributed by atoms with Crippen LogP contribution >= 0.6 is 0 Å². The van der Waals surface area contributed by atoms with Gasteiger partial charge in [-0.3, -0.25) is 0 Å². The van der Waals surface area contributed by atoms with Crippen LogP contribution in [0, 0.1) is 0 Å². The van der Waals surface area contributed by atoms with Crippen LogP contribution in [0.2, 0.25) is 0 Å². The molecule has 4 nitrogen and oxygen atoms in total. The van der Waals surface area contributed by atoms with Crippen molar-refractivity contribution in [1.29, 1.82) is 0 Å². The first-order valence-electron chi connectivity index (χ1n) is 4.94. The number of H-pyrrole nitrogens is 1. The van der Waals surface area contributed by atoms with Crippen LogP contribution in [-0.4, -0.2) is 19.5 Å². The van der Waals surface area contributed by atoms with E-state index in [0.29, 0.717) is 6.04 Å². The van der Waals surface area contributed by atoms with Gasteiger partial charge in [0.05, 0.1) is 30.6 Å². The number of nitrogens with zero attached hydrogens (tertiary/aromatic N) is 3. The van der Waals surface area contributed by atoms with Gasteiger partial charge in [0.1, 0.15) is 0 Å². The van der Waals surface area contributed by atoms with Gasteiger partial charge < -0.3 is 9.55 Å². The van der Waals surface area contributed by atoms with E-state index in [2.05, 4.69) is 19.5 Å². The zero-order valence-electron chi connectivity index (χ0n) is 7.85. The Morgan fingerprint density at radius 3 is 3.21 bits per heavy atom. The van der Waals surface area contributed by atoms with Gasteiger partial charge in [-0.15, -0.1) is 0 Å². The Hall–Kier alpha value is -1.58. The maximum atomic E-state index is 4.19. The van der Waals surface area contributed by atoms with E-state index >= 15 is 0 Å². The van der Waals surface area contributed by atoms with Crippen molar-refractivity contribution < 1.29 is 0 Å². The van der Waals surface area contributed by atoms with Gasteiger partial charge in [0.25, 0.3) is 0 Å². The first kappa shape index (κ1) is 7.79. The van der Waals surface area contributed by atoms with Crippen LogP contribution in [0.3, 0.4) is 0 Å². The first-order valence-corrected chi connectivity index (χ1v) is 4.94. The summed E-state index contributed by atoms with van der Waals surface area (Å²) in [6.45, 7) is 0. The summed E-state index contributed by atoms with van der Waals surface area (Å²) in [5, 5.41) is 0. The SMILES string of the molecule is c1ncc(C2CCCc3cncn32)[nH]1. The third-order valence-corrected chi connectivity index (χ3v) is 2.87. The maximum absolute atomic E-state index is 4.19. The highest BCUT2D eigenvalue weighted by Crippen LogP contribution is 2.28. The van der Waals surface area contributed by atoms with Crippen LogP contribution in [0.1, 0.15) is 30.3 Å². The molecule has 0 bridgehead atoms. The Bertz CT molecular complexity index is 415. The van der Waals surface area contributed by atoms with Crippen molar-refractivity contribution in [3.8, 4) is 0 Å². The van der Waals surface area contributed by atoms with Crippen LogP contribution in [0.15, 0.2) is 25.0 Å². The molecule has 1 aliphatic rings. The topological polar surface area (TPSA) is 46.5 Å². The lowest BCUT2D eigenvalue weighted by Gasteiger charge is -2.24. The summed E-state index contributed by atoms with van der Waals surface area (Å²) in [6.07, 6.45) is 11.1. The lowest BCUT2D eigenvalue weighted by Crippen LogP contribution is -2.17. The van der Waals surface area contributed by atoms with Crippen molar-refractivity contribution in [1.82, 2.24) is 19.5 Å². The standard InChI is InChI=1S/C10H12N4/c1-2-8-4-12-7-14(8)10(3-1)9-5-11-6-13-9/h4-7,10H,1-3H2,(H,11,13). The highest BCUT2D eigenvalue weighted by Gasteiger charge is 2.21. The molecule has 0 spiro atoms. The molecule has 0 saturated heterocycles. The normalized spacial score (nSPS) is 20.7. The summed E-state index contributed by atoms with van der Waals surface area (Å²) >= 11 is 0. The molecule has 2 aromatic rings. The Balaban J connectivity index is 2.04. The number of fused-ring (bicyclic) bond motifs is 1. The Morgan fingerprint density at radius 2 is 2.36 bits per heavy atom. The van der Waals surface area contributed by atoms with Gasteiger partial charge in [-0.1, -0.05) is 0 Å². The number of aryl methyl sites for hydroxylation is 1. The number of hydrogen-bond donors (Lipinski definition) is 1. The minimum atomic E-state index is 0.406. The third-order valence-electron chi connectivity index (χ3n) is 2.87. The quantitative estimate of drug-likeness (QED) is 0.737. The molecule has 72 valence electrons. The van der Waals surface area contributed by atoms with Crippen LogP contribution in [0.25, 0.3) is 0 Å². The second-order valence-electron chi connectivity index (χ2n) is 3.71. The fraction of sp³-hybridized carbons (Fsp3) is 0.400. The summed E-state index contributed by atoms with van der Waals surface area (Å²) in [6, 6.07) is 0.406. The Labute approximate surface area is 82.0 Å². The number of hydrogen-bond acceptors (Lipinski definition) is 2. The molecule has 1 atom stereocenters. The van der Waals surface area contributed by atoms with Crippen molar-refractivity contribution in [2.24, 2.45) is 0 Å². The van der Waals surface area contributed by atoms with Gasteiger partial charge in [0, 0.05) is 11.9 Å². The zero-order chi connectivity index (χ0) is 9.38. The van der Waals surface area contributed by atoms with E-state index in [1.807, 2.05) is 18.7 Å². The fourth-order valence-corrected chi connectivity index (χ4v) is 2.18. The van der Waals surface area contributed by atoms with E-state index < -0.39 is 0 Å². The van der Waals surface area contributed by atoms with E-state index in [-0.39, 0.29) is 0 Å². The van der Waals surface area contributed by atoms with Gasteiger partial charge >= 0.3 is 0 Å². The van der Waals surface area contributed by atoms with Crippen LogP contribution < -0.4 is 0 Å². The van der Waals surface area contributed by atoms with E-state index in [1.54, 1.807) is 6.33 Å². The average Bonchev–Trinajstić information content (AvgIpc) is 2.88. The summed E-state index contributed by atoms with van der Waals surface area (Å²) in [5.74, 6) is 0. The van der Waals surface area contributed by atoms with Gasteiger partial charge in [0.15, 0.2) is 0 Å². The fourth-order valence-electron chi connectivity index (χ4n) is 2.18. The van der Waals surface area contributed by atoms with Crippen LogP contribution in [-0.2, 0) is 6.42 Å². The highest BCUT2D eigenvalue weighted by molar-refractivity contribution is 5.12. The number of aromatic nitrogens is 4. The van der Waals surface area contributed by atoms with Gasteiger partial charge in [-0.05, 0) is 19.3 Å². The summed E-state index contributed by atoms with van der Waals surface area (Å²) in [5.41, 5.74) is 2.51. The van der Waals surface area contributed by atoms with E-state index in [9.17, 15) is 0 Å². The van der Waals surface area contributed by atoms with E-state index in [1.165, 1.54) is 24.2 Å². The number of nitrogens with one attached hydrogen (secondary N) is 1. The molecule has 1 unspecified atom stereocenters. The molecule has 3 heterocycles. The predicted molar refractivity (Wildman–Crippen MR) is 51.9 cm³/mol. The molecule has 14 heavy (non-hydrogen) atoms. The molecule has 0 amide bonds. The van der Waals surface area contributed by atoms with Crippen LogP contribution in [0.4, 0.5) is 0 Å². The minimum absolute atomic E-state index is 0.406. The van der Waals surface area contributed by atoms with Gasteiger partial charge in [-0.25, -0.2) is 9.97 Å². The third kappa shape index (κ3) is 1.07. The summed E-state index contributed by atoms with van der Waals surface area (Å²) < 4.78 is 2.25. The molecule has 4 heteroatoms. The second-order valence-corrected chi connectivity index (χ2v) is 3.71. The molecule has 1 aliphatic heterocycles. The molecule has 1 N–H and O–H groups in total. The van der Waals surface area contributed by atoms with Gasteiger partial charge in [0.2, 0.25) is 0 Å². The molecule has 2 aromatic heterocycles. The van der Waals surface area contributed by atoms with E-state index in [4.69, 9.17) is 0 Å². The molecule has 0 fully saturated rings. The first-order chi connectivity index (χ1) is 6.95. The largest absolute Gasteiger partial charge is 0.347 e. The Kier molecular flexibility index (Phi) is 1.65. The summed E-state index contributed by atoms with van der Waals surface area (Å²) in [4.78, 5) is 11.4. The Morgan fingerprint density at radius 1 is 1.36 bits per heavy atom. The lowest BCUT2D eigenvalue weighted by molar-refractivity contribution is 0.450. The molecule has 3 rings (SSSR count). The molecule has 0 aliphatic carbocycles. The van der Waals surface area contributed by atoms with Crippen molar-refractivity contribution in [3.05, 3.63) is 36.4 Å². The predicted octanol–water partition coefficient (Wildman–Crippen LogP) is 1.53. The molecular weight excluding hydrogens is 176 g/mol. The van der Waals surface area contributed by atoms with E-state index in [0.717, 1.165) is 6.42 Å². The van der Waals surface area contributed by atoms with Crippen molar-refractivity contribution >= 4 is 0 Å². The van der Waals surface area contributed by atoms with Crippen molar-refractivity contribution in [3.63, 3.8) is 0 Å². The second kappa shape index (κ2) is 2.97. The average molecular weight is 188 g/mol. The smallest absolute Gasteiger partial charge is 0.0954 e. The van der Waals surface area contributed by atoms with Crippen LogP contribution in [0.5, 0.6) is 0 Å².